The number of nitrogens with one attached hydrogen (secondary N) is 1. The zero-order valence-corrected chi connectivity index (χ0v) is 12.1. The van der Waals surface area contributed by atoms with E-state index in [-0.39, 0.29) is 0 Å². The van der Waals surface area contributed by atoms with Crippen LogP contribution in [-0.2, 0) is 4.74 Å². The Balaban J connectivity index is 1.84. The van der Waals surface area contributed by atoms with Gasteiger partial charge in [0.25, 0.3) is 0 Å². The molecule has 0 amide bonds. The molecule has 0 bridgehead atoms. The minimum atomic E-state index is -1.48. The van der Waals surface area contributed by atoms with E-state index in [1.807, 2.05) is 0 Å². The van der Waals surface area contributed by atoms with E-state index in [1.165, 1.54) is 0 Å². The average Bonchev–Trinajstić information content (AvgIpc) is 2.90. The van der Waals surface area contributed by atoms with E-state index in [9.17, 15) is 15.3 Å². The number of benzene rings is 1. The Morgan fingerprint density at radius 3 is 2.68 bits per heavy atom. The Bertz CT molecular complexity index is 660. The topological polar surface area (TPSA) is 115 Å². The Kier molecular flexibility index (Phi) is 4.26. The molecule has 0 spiro atoms. The fourth-order valence-electron chi connectivity index (χ4n) is 2.46. The molecule has 3 rings (SSSR count). The van der Waals surface area contributed by atoms with Crippen LogP contribution >= 0.6 is 11.6 Å². The molecule has 5 N–H and O–H groups in total. The maximum atomic E-state index is 9.96. The maximum absolute atomic E-state index is 9.96. The lowest BCUT2D eigenvalue weighted by molar-refractivity contribution is -0.277. The summed E-state index contributed by atoms with van der Waals surface area (Å²) in [6.07, 6.45) is -5.00. The number of aliphatic hydroxyl groups excluding tert-OH is 4. The second-order valence-corrected chi connectivity index (χ2v) is 5.59. The van der Waals surface area contributed by atoms with Gasteiger partial charge in [-0.1, -0.05) is 11.6 Å². The highest BCUT2D eigenvalue weighted by Crippen LogP contribution is 2.31. The van der Waals surface area contributed by atoms with Crippen molar-refractivity contribution in [3.8, 4) is 5.75 Å². The van der Waals surface area contributed by atoms with E-state index in [1.54, 1.807) is 24.4 Å². The number of aliphatic hydroxyl groups is 4. The highest BCUT2D eigenvalue weighted by Gasteiger charge is 2.44. The van der Waals surface area contributed by atoms with Crippen molar-refractivity contribution in [2.75, 3.05) is 6.61 Å². The number of aromatic amines is 1. The number of hydrogen-bond donors (Lipinski definition) is 5. The molecule has 1 saturated heterocycles. The van der Waals surface area contributed by atoms with Crippen LogP contribution in [0.5, 0.6) is 5.75 Å². The third-order valence-corrected chi connectivity index (χ3v) is 3.93. The second kappa shape index (κ2) is 6.04. The van der Waals surface area contributed by atoms with Crippen molar-refractivity contribution in [2.24, 2.45) is 0 Å². The molecule has 22 heavy (non-hydrogen) atoms. The van der Waals surface area contributed by atoms with Crippen LogP contribution in [0.2, 0.25) is 5.02 Å². The molecule has 0 radical (unpaired) electrons. The number of aromatic nitrogens is 1. The Hall–Kier alpha value is -1.35. The third-order valence-electron chi connectivity index (χ3n) is 3.70. The van der Waals surface area contributed by atoms with Gasteiger partial charge in [-0.05, 0) is 18.2 Å². The second-order valence-electron chi connectivity index (χ2n) is 5.16. The predicted molar refractivity (Wildman–Crippen MR) is 77.7 cm³/mol. The molecular weight excluding hydrogens is 314 g/mol. The Labute approximate surface area is 130 Å². The van der Waals surface area contributed by atoms with Crippen LogP contribution in [0.4, 0.5) is 0 Å². The van der Waals surface area contributed by atoms with Crippen molar-refractivity contribution in [1.29, 1.82) is 0 Å². The molecule has 1 aromatic heterocycles. The Morgan fingerprint density at radius 1 is 1.18 bits per heavy atom. The van der Waals surface area contributed by atoms with Crippen LogP contribution < -0.4 is 4.74 Å². The van der Waals surface area contributed by atoms with Crippen LogP contribution in [0.25, 0.3) is 10.9 Å². The largest absolute Gasteiger partial charge is 0.460 e. The lowest BCUT2D eigenvalue weighted by atomic mass is 9.99. The summed E-state index contributed by atoms with van der Waals surface area (Å²) < 4.78 is 10.9. The molecule has 120 valence electrons. The fourth-order valence-corrected chi connectivity index (χ4v) is 2.63. The number of fused-ring (bicyclic) bond motifs is 1. The van der Waals surface area contributed by atoms with Crippen LogP contribution in [0.3, 0.4) is 0 Å². The molecule has 0 aliphatic carbocycles. The molecule has 0 saturated carbocycles. The van der Waals surface area contributed by atoms with Crippen LogP contribution in [0.15, 0.2) is 24.4 Å². The van der Waals surface area contributed by atoms with Gasteiger partial charge >= 0.3 is 0 Å². The van der Waals surface area contributed by atoms with Gasteiger partial charge in [0.15, 0.2) is 0 Å². The van der Waals surface area contributed by atoms with Crippen molar-refractivity contribution in [3.05, 3.63) is 29.4 Å². The van der Waals surface area contributed by atoms with Crippen molar-refractivity contribution < 1.29 is 29.9 Å². The van der Waals surface area contributed by atoms with E-state index in [2.05, 4.69) is 4.98 Å². The van der Waals surface area contributed by atoms with Gasteiger partial charge in [0.05, 0.1) is 12.1 Å². The highest BCUT2D eigenvalue weighted by molar-refractivity contribution is 6.31. The number of rotatable bonds is 3. The van der Waals surface area contributed by atoms with Crippen molar-refractivity contribution in [3.63, 3.8) is 0 Å². The summed E-state index contributed by atoms with van der Waals surface area (Å²) in [7, 11) is 0. The lowest BCUT2D eigenvalue weighted by Gasteiger charge is -2.39. The summed E-state index contributed by atoms with van der Waals surface area (Å²) in [6, 6.07) is 5.16. The molecule has 2 aromatic rings. The smallest absolute Gasteiger partial charge is 0.229 e. The summed E-state index contributed by atoms with van der Waals surface area (Å²) in [5.74, 6) is 0.399. The van der Waals surface area contributed by atoms with Crippen molar-refractivity contribution in [1.82, 2.24) is 4.98 Å². The summed E-state index contributed by atoms with van der Waals surface area (Å²) in [5.41, 5.74) is 0.743. The van der Waals surface area contributed by atoms with Crippen LogP contribution in [-0.4, -0.2) is 62.7 Å². The first-order chi connectivity index (χ1) is 10.5. The maximum Gasteiger partial charge on any atom is 0.229 e. The van der Waals surface area contributed by atoms with Gasteiger partial charge in [0.2, 0.25) is 6.29 Å². The summed E-state index contributed by atoms with van der Waals surface area (Å²) in [6.45, 7) is -0.506. The fraction of sp³-hybridized carbons (Fsp3) is 0.429. The van der Waals surface area contributed by atoms with Gasteiger partial charge < -0.3 is 34.9 Å². The van der Waals surface area contributed by atoms with E-state index in [0.29, 0.717) is 10.8 Å². The normalized spacial score (nSPS) is 32.3. The molecule has 1 aliphatic heterocycles. The van der Waals surface area contributed by atoms with Gasteiger partial charge in [0.1, 0.15) is 30.2 Å². The minimum Gasteiger partial charge on any atom is -0.460 e. The summed E-state index contributed by atoms with van der Waals surface area (Å²) in [4.78, 5) is 2.97. The van der Waals surface area contributed by atoms with Crippen LogP contribution in [0, 0.1) is 0 Å². The molecular formula is C14H16ClNO6. The van der Waals surface area contributed by atoms with Gasteiger partial charge in [0, 0.05) is 16.6 Å². The molecule has 1 fully saturated rings. The summed E-state index contributed by atoms with van der Waals surface area (Å²) in [5, 5.41) is 39.9. The van der Waals surface area contributed by atoms with E-state index >= 15 is 0 Å². The minimum absolute atomic E-state index is 0.399. The van der Waals surface area contributed by atoms with E-state index < -0.39 is 37.3 Å². The first-order valence-corrected chi connectivity index (χ1v) is 7.13. The molecule has 1 aromatic carbocycles. The van der Waals surface area contributed by atoms with E-state index in [0.717, 1.165) is 10.9 Å². The van der Waals surface area contributed by atoms with E-state index in [4.69, 9.17) is 26.2 Å². The molecule has 5 atom stereocenters. The van der Waals surface area contributed by atoms with Crippen LogP contribution in [0.1, 0.15) is 0 Å². The molecule has 1 aliphatic rings. The first kappa shape index (κ1) is 15.5. The average molecular weight is 330 g/mol. The van der Waals surface area contributed by atoms with Gasteiger partial charge in [-0.3, -0.25) is 0 Å². The molecule has 7 nitrogen and oxygen atoms in total. The number of halogens is 1. The molecule has 8 heteroatoms. The Morgan fingerprint density at radius 2 is 1.95 bits per heavy atom. The van der Waals surface area contributed by atoms with Crippen molar-refractivity contribution in [2.45, 2.75) is 30.7 Å². The number of ether oxygens (including phenoxy) is 2. The molecule has 2 heterocycles. The standard InChI is InChI=1S/C14H16ClNO6/c15-6-1-2-7-8(3-6)16-4-9(7)21-14-13(20)12(19)11(18)10(5-17)22-14/h1-4,10-14,16-20H,5H2/t10-,11-,12+,13-,14?/m1/s1. The monoisotopic (exact) mass is 329 g/mol. The van der Waals surface area contributed by atoms with Gasteiger partial charge in [-0.15, -0.1) is 0 Å². The quantitative estimate of drug-likeness (QED) is 0.541. The zero-order chi connectivity index (χ0) is 15.9. The number of H-pyrrole nitrogens is 1. The van der Waals surface area contributed by atoms with Crippen molar-refractivity contribution >= 4 is 22.5 Å². The summed E-state index contributed by atoms with van der Waals surface area (Å²) >= 11 is 5.90. The van der Waals surface area contributed by atoms with Gasteiger partial charge in [-0.25, -0.2) is 0 Å². The zero-order valence-electron chi connectivity index (χ0n) is 11.4. The highest BCUT2D eigenvalue weighted by atomic mass is 35.5. The molecule has 1 unspecified atom stereocenters. The SMILES string of the molecule is OC[C@H]1OC(Oc2c[nH]c3cc(Cl)ccc23)[C@H](O)[C@@H](O)[C@@H]1O. The predicted octanol–water partition coefficient (Wildman–Crippen LogP) is -0.000000000000000278. The third kappa shape index (κ3) is 2.67. The number of hydrogen-bond acceptors (Lipinski definition) is 6. The lowest BCUT2D eigenvalue weighted by Crippen LogP contribution is -2.60. The first-order valence-electron chi connectivity index (χ1n) is 6.75. The van der Waals surface area contributed by atoms with Gasteiger partial charge in [-0.2, -0.15) is 0 Å².